The third kappa shape index (κ3) is 2.64. The minimum atomic E-state index is -0.271. The zero-order valence-electron chi connectivity index (χ0n) is 17.0. The van der Waals surface area contributed by atoms with E-state index in [1.165, 1.54) is 0 Å². The normalized spacial score (nSPS) is 15.5. The number of hydrogen-bond donors (Lipinski definition) is 0. The number of nitrogens with zero attached hydrogens (tertiary/aromatic N) is 3. The van der Waals surface area contributed by atoms with Crippen LogP contribution in [0.4, 0.5) is 5.69 Å². The van der Waals surface area contributed by atoms with Crippen molar-refractivity contribution in [3.8, 4) is 11.5 Å². The van der Waals surface area contributed by atoms with Crippen molar-refractivity contribution in [1.82, 2.24) is 9.38 Å². The summed E-state index contributed by atoms with van der Waals surface area (Å²) in [4.78, 5) is 19.7. The molecule has 1 amide bonds. The molecule has 0 saturated heterocycles. The Labute approximate surface area is 174 Å². The van der Waals surface area contributed by atoms with Gasteiger partial charge in [0.1, 0.15) is 5.65 Å². The zero-order valence-corrected chi connectivity index (χ0v) is 17.0. The van der Waals surface area contributed by atoms with E-state index in [1.807, 2.05) is 83.2 Å². The molecule has 150 valence electrons. The smallest absolute Gasteiger partial charge is 0.259 e. The molecule has 0 saturated carbocycles. The van der Waals surface area contributed by atoms with E-state index in [0.29, 0.717) is 17.1 Å². The van der Waals surface area contributed by atoms with Gasteiger partial charge in [0.2, 0.25) is 0 Å². The number of fused-ring (bicyclic) bond motifs is 2. The number of carbonyl (C=O) groups excluding carboxylic acids is 1. The van der Waals surface area contributed by atoms with Gasteiger partial charge in [0.05, 0.1) is 25.9 Å². The van der Waals surface area contributed by atoms with Crippen molar-refractivity contribution < 1.29 is 14.3 Å². The fourth-order valence-electron chi connectivity index (χ4n) is 4.18. The highest BCUT2D eigenvalue weighted by molar-refractivity contribution is 6.11. The van der Waals surface area contributed by atoms with Crippen LogP contribution in [0, 0.1) is 6.92 Å². The van der Waals surface area contributed by atoms with Gasteiger partial charge in [-0.15, -0.1) is 0 Å². The zero-order chi connectivity index (χ0) is 20.8. The molecule has 2 aromatic heterocycles. The Morgan fingerprint density at radius 2 is 1.77 bits per heavy atom. The van der Waals surface area contributed by atoms with Crippen LogP contribution in [0.1, 0.15) is 33.2 Å². The predicted octanol–water partition coefficient (Wildman–Crippen LogP) is 4.41. The van der Waals surface area contributed by atoms with E-state index in [2.05, 4.69) is 4.98 Å². The Kier molecular flexibility index (Phi) is 4.20. The highest BCUT2D eigenvalue weighted by Crippen LogP contribution is 2.43. The van der Waals surface area contributed by atoms with Crippen LogP contribution in [0.2, 0.25) is 0 Å². The first kappa shape index (κ1) is 18.2. The molecular weight excluding hydrogens is 378 g/mol. The number of rotatable bonds is 4. The number of aromatic nitrogens is 2. The van der Waals surface area contributed by atoms with Crippen LogP contribution in [0.5, 0.6) is 11.5 Å². The topological polar surface area (TPSA) is 56.1 Å². The number of benzene rings is 2. The summed E-state index contributed by atoms with van der Waals surface area (Å²) in [5.74, 6) is 1.25. The summed E-state index contributed by atoms with van der Waals surface area (Å²) in [6.45, 7) is 2.00. The van der Waals surface area contributed by atoms with E-state index in [9.17, 15) is 4.79 Å². The van der Waals surface area contributed by atoms with Crippen LogP contribution in [0.25, 0.3) is 5.65 Å². The van der Waals surface area contributed by atoms with Crippen molar-refractivity contribution in [2.45, 2.75) is 13.0 Å². The lowest BCUT2D eigenvalue weighted by Gasteiger charge is -2.26. The summed E-state index contributed by atoms with van der Waals surface area (Å²) in [7, 11) is 3.22. The van der Waals surface area contributed by atoms with Crippen LogP contribution < -0.4 is 14.4 Å². The molecule has 30 heavy (non-hydrogen) atoms. The van der Waals surface area contributed by atoms with Crippen molar-refractivity contribution in [2.75, 3.05) is 19.1 Å². The molecule has 5 rings (SSSR count). The van der Waals surface area contributed by atoms with E-state index < -0.39 is 0 Å². The fourth-order valence-corrected chi connectivity index (χ4v) is 4.18. The summed E-state index contributed by atoms with van der Waals surface area (Å²) in [5, 5.41) is 0. The average Bonchev–Trinajstić information content (AvgIpc) is 3.30. The summed E-state index contributed by atoms with van der Waals surface area (Å²) in [6, 6.07) is 17.2. The highest BCUT2D eigenvalue weighted by atomic mass is 16.5. The number of amides is 1. The van der Waals surface area contributed by atoms with Crippen LogP contribution in [-0.2, 0) is 0 Å². The average molecular weight is 399 g/mol. The maximum Gasteiger partial charge on any atom is 0.259 e. The lowest BCUT2D eigenvalue weighted by molar-refractivity contribution is 0.0993. The first-order valence-electron chi connectivity index (χ1n) is 9.70. The minimum absolute atomic E-state index is 0.0296. The molecule has 3 heterocycles. The van der Waals surface area contributed by atoms with Crippen molar-refractivity contribution in [1.29, 1.82) is 0 Å². The summed E-state index contributed by atoms with van der Waals surface area (Å²) < 4.78 is 12.9. The number of hydrogen-bond acceptors (Lipinski definition) is 4. The molecule has 4 aromatic rings. The second-order valence-corrected chi connectivity index (χ2v) is 7.29. The fraction of sp³-hybridized carbons (Fsp3) is 0.167. The lowest BCUT2D eigenvalue weighted by atomic mass is 9.97. The van der Waals surface area contributed by atoms with Gasteiger partial charge < -0.3 is 13.9 Å². The van der Waals surface area contributed by atoms with E-state index in [4.69, 9.17) is 9.47 Å². The molecule has 0 fully saturated rings. The van der Waals surface area contributed by atoms with Gasteiger partial charge in [0.25, 0.3) is 5.91 Å². The third-order valence-electron chi connectivity index (χ3n) is 5.65. The van der Waals surface area contributed by atoms with Crippen molar-refractivity contribution in [3.63, 3.8) is 0 Å². The predicted molar refractivity (Wildman–Crippen MR) is 115 cm³/mol. The molecular formula is C24H21N3O3. The van der Waals surface area contributed by atoms with E-state index in [-0.39, 0.29) is 11.9 Å². The Morgan fingerprint density at radius 1 is 0.967 bits per heavy atom. The quantitative estimate of drug-likeness (QED) is 0.510. The van der Waals surface area contributed by atoms with Gasteiger partial charge in [-0.25, -0.2) is 4.98 Å². The largest absolute Gasteiger partial charge is 0.493 e. The molecule has 2 aromatic carbocycles. The standard InChI is InChI=1S/C24H21N3O3/c1-15-14-25-22-13-17(10-11-26(15)22)27-23(18-6-4-5-7-19(18)24(27)28)16-8-9-20(29-2)21(12-16)30-3/h4-14,23H,1-3H3/t23-/m0/s1. The van der Waals surface area contributed by atoms with Crippen LogP contribution in [-0.4, -0.2) is 29.5 Å². The Morgan fingerprint density at radius 3 is 2.57 bits per heavy atom. The number of methoxy groups -OCH3 is 2. The Bertz CT molecular complexity index is 1280. The van der Waals surface area contributed by atoms with E-state index in [0.717, 1.165) is 28.2 Å². The molecule has 1 aliphatic rings. The van der Waals surface area contributed by atoms with E-state index >= 15 is 0 Å². The van der Waals surface area contributed by atoms with Gasteiger partial charge in [-0.3, -0.25) is 9.69 Å². The first-order valence-corrected chi connectivity index (χ1v) is 9.70. The molecule has 0 aliphatic carbocycles. The van der Waals surface area contributed by atoms with Gasteiger partial charge in [-0.05, 0) is 42.3 Å². The lowest BCUT2D eigenvalue weighted by Crippen LogP contribution is -2.28. The molecule has 0 N–H and O–H groups in total. The summed E-state index contributed by atoms with van der Waals surface area (Å²) in [6.07, 6.45) is 3.78. The maximum absolute atomic E-state index is 13.4. The van der Waals surface area contributed by atoms with Gasteiger partial charge >= 0.3 is 0 Å². The van der Waals surface area contributed by atoms with Gasteiger partial charge in [0, 0.05) is 29.7 Å². The van der Waals surface area contributed by atoms with Crippen LogP contribution in [0.3, 0.4) is 0 Å². The number of aryl methyl sites for hydroxylation is 1. The number of anilines is 1. The van der Waals surface area contributed by atoms with E-state index in [1.54, 1.807) is 14.2 Å². The van der Waals surface area contributed by atoms with Crippen LogP contribution in [0.15, 0.2) is 67.0 Å². The Balaban J connectivity index is 1.69. The molecule has 0 unspecified atom stereocenters. The third-order valence-corrected chi connectivity index (χ3v) is 5.65. The second kappa shape index (κ2) is 6.91. The summed E-state index contributed by atoms with van der Waals surface area (Å²) in [5.41, 5.74) is 5.27. The van der Waals surface area contributed by atoms with Crippen molar-refractivity contribution in [2.24, 2.45) is 0 Å². The Hall–Kier alpha value is -3.80. The first-order chi connectivity index (χ1) is 14.6. The SMILES string of the molecule is COc1ccc([C@H]2c3ccccc3C(=O)N2c2ccn3c(C)cnc3c2)cc1OC. The molecule has 6 nitrogen and oxygen atoms in total. The number of pyridine rings is 1. The molecule has 0 bridgehead atoms. The molecule has 0 spiro atoms. The number of carbonyl (C=O) groups is 1. The number of ether oxygens (including phenoxy) is 2. The van der Waals surface area contributed by atoms with Gasteiger partial charge in [0.15, 0.2) is 11.5 Å². The molecule has 1 aliphatic heterocycles. The van der Waals surface area contributed by atoms with Crippen LogP contribution >= 0.6 is 0 Å². The van der Waals surface area contributed by atoms with Crippen molar-refractivity contribution >= 4 is 17.2 Å². The van der Waals surface area contributed by atoms with Crippen molar-refractivity contribution in [3.05, 3.63) is 89.4 Å². The second-order valence-electron chi connectivity index (χ2n) is 7.29. The minimum Gasteiger partial charge on any atom is -0.493 e. The summed E-state index contributed by atoms with van der Waals surface area (Å²) >= 11 is 0. The highest BCUT2D eigenvalue weighted by Gasteiger charge is 2.39. The monoisotopic (exact) mass is 399 g/mol. The van der Waals surface area contributed by atoms with Gasteiger partial charge in [-0.1, -0.05) is 24.3 Å². The number of imidazole rings is 1. The van der Waals surface area contributed by atoms with Gasteiger partial charge in [-0.2, -0.15) is 0 Å². The molecule has 0 radical (unpaired) electrons. The molecule has 1 atom stereocenters. The maximum atomic E-state index is 13.4. The molecule has 6 heteroatoms.